The molecule has 0 unspecified atom stereocenters. The number of nitrogens with one attached hydrogen (secondary N) is 1. The molecule has 0 atom stereocenters. The highest BCUT2D eigenvalue weighted by molar-refractivity contribution is 5.87. The second-order valence-electron chi connectivity index (χ2n) is 4.46. The number of hydrogen-bond donors (Lipinski definition) is 2. The van der Waals surface area contributed by atoms with Crippen LogP contribution in [0, 0.1) is 5.82 Å². The number of rotatable bonds is 2. The smallest absolute Gasteiger partial charge is 0.408 e. The Labute approximate surface area is 113 Å². The number of oxazole rings is 1. The zero-order valence-electron chi connectivity index (χ0n) is 10.7. The van der Waals surface area contributed by atoms with E-state index in [1.54, 1.807) is 29.2 Å². The van der Waals surface area contributed by atoms with Crippen molar-refractivity contribution in [3.8, 4) is 0 Å². The van der Waals surface area contributed by atoms with Gasteiger partial charge in [-0.3, -0.25) is 4.98 Å². The zero-order chi connectivity index (χ0) is 14.3. The van der Waals surface area contributed by atoms with Crippen molar-refractivity contribution in [2.24, 2.45) is 0 Å². The Hall–Kier alpha value is -2.76. The summed E-state index contributed by atoms with van der Waals surface area (Å²) >= 11 is 0. The first-order chi connectivity index (χ1) is 9.54. The van der Waals surface area contributed by atoms with Crippen LogP contribution in [0.1, 0.15) is 0 Å². The molecule has 3 N–H and O–H groups in total. The molecule has 3 aromatic rings. The number of fused-ring (bicyclic) bond motifs is 1. The fourth-order valence-electron chi connectivity index (χ4n) is 2.10. The van der Waals surface area contributed by atoms with Crippen LogP contribution in [0.25, 0.3) is 11.1 Å². The molecule has 0 saturated heterocycles. The van der Waals surface area contributed by atoms with Gasteiger partial charge in [-0.1, -0.05) is 0 Å². The van der Waals surface area contributed by atoms with Crippen molar-refractivity contribution in [2.45, 2.75) is 0 Å². The number of hydrogen-bond acceptors (Lipinski definition) is 4. The molecule has 5 nitrogen and oxygen atoms in total. The third-order valence-corrected chi connectivity index (χ3v) is 3.14. The van der Waals surface area contributed by atoms with Crippen molar-refractivity contribution in [1.29, 1.82) is 0 Å². The van der Waals surface area contributed by atoms with Crippen LogP contribution in [-0.2, 0) is 0 Å². The Bertz CT molecular complexity index is 821. The Balaban J connectivity index is 2.10. The van der Waals surface area contributed by atoms with E-state index in [4.69, 9.17) is 10.2 Å². The van der Waals surface area contributed by atoms with E-state index in [2.05, 4.69) is 4.98 Å². The standard InChI is InChI=1S/C14H12FN3O2/c1-18(9-4-2-8(15)3-5-9)12-7-11-13(6-10(12)16)20-14(19)17-11/h2-7H,16H2,1H3,(H,17,19). The molecule has 6 heteroatoms. The number of halogens is 1. The largest absolute Gasteiger partial charge is 0.417 e. The maximum absolute atomic E-state index is 12.9. The van der Waals surface area contributed by atoms with E-state index >= 15 is 0 Å². The van der Waals surface area contributed by atoms with Gasteiger partial charge in [-0.05, 0) is 30.3 Å². The summed E-state index contributed by atoms with van der Waals surface area (Å²) in [5.41, 5.74) is 8.88. The van der Waals surface area contributed by atoms with Crippen LogP contribution in [0.5, 0.6) is 0 Å². The quantitative estimate of drug-likeness (QED) is 0.704. The second-order valence-corrected chi connectivity index (χ2v) is 4.46. The van der Waals surface area contributed by atoms with Gasteiger partial charge in [0.1, 0.15) is 5.82 Å². The Morgan fingerprint density at radius 3 is 2.65 bits per heavy atom. The predicted molar refractivity (Wildman–Crippen MR) is 75.7 cm³/mol. The minimum atomic E-state index is -0.527. The van der Waals surface area contributed by atoms with Gasteiger partial charge in [-0.25, -0.2) is 9.18 Å². The summed E-state index contributed by atoms with van der Waals surface area (Å²) in [4.78, 5) is 15.6. The third kappa shape index (κ3) is 2.01. The van der Waals surface area contributed by atoms with E-state index in [-0.39, 0.29) is 5.82 Å². The summed E-state index contributed by atoms with van der Waals surface area (Å²) in [5.74, 6) is -0.828. The second kappa shape index (κ2) is 4.41. The molecule has 0 radical (unpaired) electrons. The Kier molecular flexibility index (Phi) is 2.71. The highest BCUT2D eigenvalue weighted by Gasteiger charge is 2.11. The lowest BCUT2D eigenvalue weighted by Gasteiger charge is -2.21. The SMILES string of the molecule is CN(c1ccc(F)cc1)c1cc2[nH]c(=O)oc2cc1N. The van der Waals surface area contributed by atoms with E-state index in [0.29, 0.717) is 22.5 Å². The van der Waals surface area contributed by atoms with Crippen LogP contribution in [-0.4, -0.2) is 12.0 Å². The van der Waals surface area contributed by atoms with E-state index in [0.717, 1.165) is 5.69 Å². The molecule has 0 aliphatic heterocycles. The van der Waals surface area contributed by atoms with Gasteiger partial charge in [0, 0.05) is 18.8 Å². The molecule has 102 valence electrons. The predicted octanol–water partition coefficient (Wildman–Crippen LogP) is 2.61. The van der Waals surface area contributed by atoms with E-state index in [1.165, 1.54) is 12.1 Å². The molecule has 0 aliphatic rings. The lowest BCUT2D eigenvalue weighted by atomic mass is 10.2. The Morgan fingerprint density at radius 2 is 1.95 bits per heavy atom. The fraction of sp³-hybridized carbons (Fsp3) is 0.0714. The lowest BCUT2D eigenvalue weighted by Crippen LogP contribution is -2.11. The molecule has 0 fully saturated rings. The lowest BCUT2D eigenvalue weighted by molar-refractivity contribution is 0.555. The van der Waals surface area contributed by atoms with Crippen LogP contribution in [0.4, 0.5) is 21.5 Å². The summed E-state index contributed by atoms with van der Waals surface area (Å²) in [6, 6.07) is 9.36. The number of benzene rings is 2. The third-order valence-electron chi connectivity index (χ3n) is 3.14. The van der Waals surface area contributed by atoms with Gasteiger partial charge < -0.3 is 15.1 Å². The van der Waals surface area contributed by atoms with Gasteiger partial charge in [-0.15, -0.1) is 0 Å². The molecular formula is C14H12FN3O2. The minimum absolute atomic E-state index is 0.301. The monoisotopic (exact) mass is 273 g/mol. The van der Waals surface area contributed by atoms with Crippen molar-refractivity contribution >= 4 is 28.2 Å². The maximum Gasteiger partial charge on any atom is 0.417 e. The summed E-state index contributed by atoms with van der Waals surface area (Å²) in [6.45, 7) is 0. The van der Waals surface area contributed by atoms with Gasteiger partial charge in [0.25, 0.3) is 0 Å². The fourth-order valence-corrected chi connectivity index (χ4v) is 2.10. The van der Waals surface area contributed by atoms with Crippen LogP contribution < -0.4 is 16.4 Å². The average Bonchev–Trinajstić information content (AvgIpc) is 2.77. The van der Waals surface area contributed by atoms with Crippen molar-refractivity contribution in [2.75, 3.05) is 17.7 Å². The maximum atomic E-state index is 12.9. The van der Waals surface area contributed by atoms with Crippen LogP contribution >= 0.6 is 0 Å². The summed E-state index contributed by atoms with van der Waals surface area (Å²) < 4.78 is 17.9. The number of aromatic nitrogens is 1. The van der Waals surface area contributed by atoms with Crippen molar-refractivity contribution in [1.82, 2.24) is 4.98 Å². The van der Waals surface area contributed by atoms with Gasteiger partial charge in [0.2, 0.25) is 0 Å². The van der Waals surface area contributed by atoms with Crippen molar-refractivity contribution < 1.29 is 8.81 Å². The van der Waals surface area contributed by atoms with Crippen LogP contribution in [0.3, 0.4) is 0 Å². The first kappa shape index (κ1) is 12.3. The van der Waals surface area contributed by atoms with Gasteiger partial charge >= 0.3 is 5.76 Å². The van der Waals surface area contributed by atoms with Gasteiger partial charge in [0.05, 0.1) is 16.9 Å². The van der Waals surface area contributed by atoms with E-state index in [1.807, 2.05) is 7.05 Å². The molecule has 20 heavy (non-hydrogen) atoms. The van der Waals surface area contributed by atoms with E-state index < -0.39 is 5.76 Å². The molecule has 0 amide bonds. The minimum Gasteiger partial charge on any atom is -0.408 e. The van der Waals surface area contributed by atoms with Crippen LogP contribution in [0.2, 0.25) is 0 Å². The molecule has 3 rings (SSSR count). The van der Waals surface area contributed by atoms with Crippen molar-refractivity contribution in [3.05, 3.63) is 52.8 Å². The van der Waals surface area contributed by atoms with Gasteiger partial charge in [-0.2, -0.15) is 0 Å². The molecule has 2 aromatic carbocycles. The highest BCUT2D eigenvalue weighted by Crippen LogP contribution is 2.31. The molecule has 0 saturated carbocycles. The van der Waals surface area contributed by atoms with Crippen molar-refractivity contribution in [3.63, 3.8) is 0 Å². The van der Waals surface area contributed by atoms with E-state index in [9.17, 15) is 9.18 Å². The number of nitrogens with two attached hydrogens (primary N) is 1. The van der Waals surface area contributed by atoms with Gasteiger partial charge in [0.15, 0.2) is 5.58 Å². The normalized spacial score (nSPS) is 10.9. The topological polar surface area (TPSA) is 75.3 Å². The molecule has 0 bridgehead atoms. The summed E-state index contributed by atoms with van der Waals surface area (Å²) in [6.07, 6.45) is 0. The summed E-state index contributed by atoms with van der Waals surface area (Å²) in [7, 11) is 1.81. The molecule has 1 aromatic heterocycles. The number of anilines is 3. The average molecular weight is 273 g/mol. The number of aromatic amines is 1. The number of nitrogen functional groups attached to an aromatic ring is 1. The molecular weight excluding hydrogens is 261 g/mol. The molecule has 1 heterocycles. The number of H-pyrrole nitrogens is 1. The Morgan fingerprint density at radius 1 is 1.25 bits per heavy atom. The van der Waals surface area contributed by atoms with Crippen LogP contribution in [0.15, 0.2) is 45.6 Å². The molecule has 0 spiro atoms. The first-order valence-electron chi connectivity index (χ1n) is 5.96. The summed E-state index contributed by atoms with van der Waals surface area (Å²) in [5, 5.41) is 0. The highest BCUT2D eigenvalue weighted by atomic mass is 19.1. The first-order valence-corrected chi connectivity index (χ1v) is 5.96. The zero-order valence-corrected chi connectivity index (χ0v) is 10.7. The number of nitrogens with zero attached hydrogens (tertiary/aromatic N) is 1. The molecule has 0 aliphatic carbocycles.